The number of aliphatic hydroxyl groups is 1. The zero-order valence-electron chi connectivity index (χ0n) is 15.8. The highest BCUT2D eigenvalue weighted by atomic mass is 19.4. The van der Waals surface area contributed by atoms with Crippen molar-refractivity contribution in [2.45, 2.75) is 69.7 Å². The molecule has 2 fully saturated rings. The molecular weight excluding hydrogens is 394 g/mol. The Kier molecular flexibility index (Phi) is 5.91. The van der Waals surface area contributed by atoms with Crippen molar-refractivity contribution in [2.75, 3.05) is 6.61 Å². The summed E-state index contributed by atoms with van der Waals surface area (Å²) in [6.45, 7) is 6.32. The van der Waals surface area contributed by atoms with E-state index in [1.807, 2.05) is 0 Å². The average Bonchev–Trinajstić information content (AvgIpc) is 3.08. The van der Waals surface area contributed by atoms with Crippen LogP contribution in [0.2, 0.25) is 0 Å². The monoisotopic (exact) mass is 418 g/mol. The molecule has 0 aliphatic heterocycles. The highest BCUT2D eigenvalue weighted by Gasteiger charge is 2.72. The molecule has 0 amide bonds. The van der Waals surface area contributed by atoms with Crippen LogP contribution in [-0.2, 0) is 14.3 Å². The molecule has 0 saturated heterocycles. The first-order valence-electron chi connectivity index (χ1n) is 8.91. The maximum absolute atomic E-state index is 13.0. The van der Waals surface area contributed by atoms with Crippen LogP contribution in [0, 0.1) is 17.8 Å². The maximum Gasteiger partial charge on any atom is 0.428 e. The third kappa shape index (κ3) is 3.77. The third-order valence-electron chi connectivity index (χ3n) is 5.97. The molecule has 1 N–H and O–H groups in total. The van der Waals surface area contributed by atoms with Crippen LogP contribution in [0.15, 0.2) is 12.2 Å². The second-order valence-corrected chi connectivity index (χ2v) is 8.11. The number of carbonyl (C=O) groups excluding carboxylic acids is 1. The molecule has 162 valence electrons. The summed E-state index contributed by atoms with van der Waals surface area (Å²) in [6, 6.07) is 0. The van der Waals surface area contributed by atoms with Crippen molar-refractivity contribution in [2.24, 2.45) is 17.8 Å². The lowest BCUT2D eigenvalue weighted by molar-refractivity contribution is -0.385. The number of esters is 1. The Balaban J connectivity index is 2.18. The fourth-order valence-electron chi connectivity index (χ4n) is 4.27. The van der Waals surface area contributed by atoms with Crippen molar-refractivity contribution < 1.29 is 45.7 Å². The van der Waals surface area contributed by atoms with E-state index in [0.717, 1.165) is 0 Å². The highest BCUT2D eigenvalue weighted by molar-refractivity contribution is 5.87. The van der Waals surface area contributed by atoms with Crippen molar-refractivity contribution in [1.82, 2.24) is 0 Å². The van der Waals surface area contributed by atoms with Gasteiger partial charge in [-0.3, -0.25) is 0 Å². The molecule has 4 atom stereocenters. The van der Waals surface area contributed by atoms with Crippen LogP contribution in [0.4, 0.5) is 26.3 Å². The smallest absolute Gasteiger partial charge is 0.428 e. The van der Waals surface area contributed by atoms with Crippen molar-refractivity contribution in [3.05, 3.63) is 12.2 Å². The molecule has 0 aromatic rings. The van der Waals surface area contributed by atoms with Gasteiger partial charge in [0.1, 0.15) is 6.10 Å². The van der Waals surface area contributed by atoms with E-state index in [2.05, 4.69) is 6.58 Å². The summed E-state index contributed by atoms with van der Waals surface area (Å²) in [7, 11) is 0. The van der Waals surface area contributed by atoms with Gasteiger partial charge in [0.25, 0.3) is 5.60 Å². The Morgan fingerprint density at radius 3 is 2.07 bits per heavy atom. The minimum absolute atomic E-state index is 0.148. The van der Waals surface area contributed by atoms with Crippen molar-refractivity contribution in [1.29, 1.82) is 0 Å². The second kappa shape index (κ2) is 7.19. The topological polar surface area (TPSA) is 55.8 Å². The van der Waals surface area contributed by atoms with E-state index in [9.17, 15) is 36.2 Å². The molecule has 0 heterocycles. The Hall–Kier alpha value is -1.29. The number of alkyl halides is 6. The van der Waals surface area contributed by atoms with E-state index in [0.29, 0.717) is 6.42 Å². The van der Waals surface area contributed by atoms with Crippen LogP contribution in [0.1, 0.15) is 40.0 Å². The van der Waals surface area contributed by atoms with E-state index in [1.54, 1.807) is 13.8 Å². The first kappa shape index (κ1) is 23.0. The molecule has 10 heteroatoms. The van der Waals surface area contributed by atoms with Gasteiger partial charge in [-0.2, -0.15) is 26.3 Å². The molecule has 0 spiro atoms. The minimum Gasteiger partial charge on any atom is -0.459 e. The average molecular weight is 418 g/mol. The van der Waals surface area contributed by atoms with Gasteiger partial charge in [-0.05, 0) is 43.9 Å². The van der Waals surface area contributed by atoms with Crippen LogP contribution in [0.3, 0.4) is 0 Å². The molecule has 2 rings (SSSR count). The normalized spacial score (nSPS) is 30.8. The SMILES string of the molecule is C=C(C)C(=O)OC1CC2CC1CC2(OCC(O)(C(F)(F)F)C(F)(F)F)C(C)C. The fraction of sp³-hybridized carbons (Fsp3) is 0.833. The van der Waals surface area contributed by atoms with Gasteiger partial charge in [-0.1, -0.05) is 20.4 Å². The highest BCUT2D eigenvalue weighted by Crippen LogP contribution is 2.57. The largest absolute Gasteiger partial charge is 0.459 e. The lowest BCUT2D eigenvalue weighted by Gasteiger charge is -2.45. The molecule has 28 heavy (non-hydrogen) atoms. The number of hydrogen-bond acceptors (Lipinski definition) is 4. The first-order chi connectivity index (χ1) is 12.5. The van der Waals surface area contributed by atoms with Gasteiger partial charge in [0.2, 0.25) is 0 Å². The number of hydrogen-bond donors (Lipinski definition) is 1. The lowest BCUT2D eigenvalue weighted by Crippen LogP contribution is -2.62. The molecule has 2 saturated carbocycles. The molecule has 2 aliphatic rings. The number of halogens is 6. The van der Waals surface area contributed by atoms with Crippen LogP contribution < -0.4 is 0 Å². The van der Waals surface area contributed by atoms with E-state index >= 15 is 0 Å². The molecule has 4 nitrogen and oxygen atoms in total. The van der Waals surface area contributed by atoms with Gasteiger partial charge in [-0.25, -0.2) is 4.79 Å². The van der Waals surface area contributed by atoms with E-state index in [-0.39, 0.29) is 30.3 Å². The van der Waals surface area contributed by atoms with Crippen LogP contribution in [0.5, 0.6) is 0 Å². The molecule has 4 unspecified atom stereocenters. The van der Waals surface area contributed by atoms with E-state index in [1.165, 1.54) is 6.92 Å². The summed E-state index contributed by atoms with van der Waals surface area (Å²) in [4.78, 5) is 11.7. The predicted octanol–water partition coefficient (Wildman–Crippen LogP) is 4.17. The lowest BCUT2D eigenvalue weighted by atomic mass is 9.75. The molecular formula is C18H24F6O4. The van der Waals surface area contributed by atoms with Gasteiger partial charge in [0.05, 0.1) is 12.2 Å². The Morgan fingerprint density at radius 2 is 1.71 bits per heavy atom. The standard InChI is InChI=1S/C18H24F6O4/c1-9(2)14(25)28-13-6-12-5-11(13)7-15(12,10(3)4)27-8-16(26,17(19,20)21)18(22,23)24/h10-13,26H,1,5-8H2,2-4H3. The molecule has 0 aromatic heterocycles. The number of rotatable bonds is 6. The summed E-state index contributed by atoms with van der Waals surface area (Å²) < 4.78 is 88.3. The van der Waals surface area contributed by atoms with Gasteiger partial charge >= 0.3 is 18.3 Å². The number of carbonyl (C=O) groups is 1. The summed E-state index contributed by atoms with van der Waals surface area (Å²) in [5.41, 5.74) is -6.01. The van der Waals surface area contributed by atoms with Gasteiger partial charge in [0.15, 0.2) is 0 Å². The summed E-state index contributed by atoms with van der Waals surface area (Å²) in [5.74, 6) is -1.60. The Bertz CT molecular complexity index is 613. The van der Waals surface area contributed by atoms with E-state index in [4.69, 9.17) is 9.47 Å². The van der Waals surface area contributed by atoms with Crippen molar-refractivity contribution in [3.63, 3.8) is 0 Å². The predicted molar refractivity (Wildman–Crippen MR) is 86.1 cm³/mol. The second-order valence-electron chi connectivity index (χ2n) is 8.11. The van der Waals surface area contributed by atoms with Crippen LogP contribution >= 0.6 is 0 Å². The summed E-state index contributed by atoms with van der Waals surface area (Å²) in [5, 5.41) is 9.39. The Labute approximate surface area is 158 Å². The molecule has 0 aromatic carbocycles. The van der Waals surface area contributed by atoms with Crippen molar-refractivity contribution in [3.8, 4) is 0 Å². The molecule has 2 aliphatic carbocycles. The minimum atomic E-state index is -5.93. The fourth-order valence-corrected chi connectivity index (χ4v) is 4.27. The van der Waals surface area contributed by atoms with Gasteiger partial charge < -0.3 is 14.6 Å². The Morgan fingerprint density at radius 1 is 1.18 bits per heavy atom. The summed E-state index contributed by atoms with van der Waals surface area (Å²) in [6.07, 6.45) is -11.5. The van der Waals surface area contributed by atoms with Crippen LogP contribution in [0.25, 0.3) is 0 Å². The third-order valence-corrected chi connectivity index (χ3v) is 5.97. The maximum atomic E-state index is 13.0. The van der Waals surface area contributed by atoms with Gasteiger partial charge in [-0.15, -0.1) is 0 Å². The molecule has 2 bridgehead atoms. The van der Waals surface area contributed by atoms with Crippen molar-refractivity contribution >= 4 is 5.97 Å². The van der Waals surface area contributed by atoms with Gasteiger partial charge in [0, 0.05) is 5.57 Å². The van der Waals surface area contributed by atoms with Crippen LogP contribution in [-0.4, -0.2) is 47.3 Å². The first-order valence-corrected chi connectivity index (χ1v) is 8.91. The molecule has 0 radical (unpaired) electrons. The zero-order valence-corrected chi connectivity index (χ0v) is 15.8. The number of ether oxygens (including phenoxy) is 2. The van der Waals surface area contributed by atoms with E-state index < -0.39 is 48.2 Å². The quantitative estimate of drug-likeness (QED) is 0.400. The summed E-state index contributed by atoms with van der Waals surface area (Å²) >= 11 is 0. The number of fused-ring (bicyclic) bond motifs is 2. The zero-order chi connectivity index (χ0) is 21.7.